The Morgan fingerprint density at radius 1 is 1.32 bits per heavy atom. The van der Waals surface area contributed by atoms with E-state index in [0.29, 0.717) is 12.0 Å². The van der Waals surface area contributed by atoms with Crippen LogP contribution < -0.4 is 10.6 Å². The number of nitrogen functional groups attached to an aromatic ring is 1. The third-order valence-corrected chi connectivity index (χ3v) is 4.21. The van der Waals surface area contributed by atoms with E-state index in [2.05, 4.69) is 36.2 Å². The lowest BCUT2D eigenvalue weighted by Gasteiger charge is -2.40. The molecule has 7 heteroatoms. The normalized spacial score (nSPS) is 19.6. The van der Waals surface area contributed by atoms with Crippen LogP contribution in [0.1, 0.15) is 18.4 Å². The van der Waals surface area contributed by atoms with E-state index in [0.717, 1.165) is 43.5 Å². The molecule has 0 aliphatic carbocycles. The van der Waals surface area contributed by atoms with Crippen LogP contribution in [0.5, 0.6) is 0 Å². The summed E-state index contributed by atoms with van der Waals surface area (Å²) >= 11 is 0. The number of nitrogens with zero attached hydrogens (tertiary/aromatic N) is 6. The highest BCUT2D eigenvalue weighted by Crippen LogP contribution is 2.19. The molecule has 7 nitrogen and oxygen atoms in total. The zero-order valence-corrected chi connectivity index (χ0v) is 13.4. The first-order valence-corrected chi connectivity index (χ1v) is 7.59. The Bertz CT molecular complexity index is 631. The van der Waals surface area contributed by atoms with Crippen LogP contribution in [0.4, 0.5) is 11.8 Å². The van der Waals surface area contributed by atoms with Crippen LogP contribution in [0, 0.1) is 6.92 Å². The summed E-state index contributed by atoms with van der Waals surface area (Å²) in [7, 11) is 2.04. The van der Waals surface area contributed by atoms with Crippen LogP contribution in [-0.4, -0.2) is 50.1 Å². The fraction of sp³-hybridized carbons (Fsp3) is 0.533. The van der Waals surface area contributed by atoms with E-state index >= 15 is 0 Å². The van der Waals surface area contributed by atoms with Crippen molar-refractivity contribution in [3.05, 3.63) is 30.0 Å². The number of hydrogen-bond acceptors (Lipinski definition) is 6. The smallest absolute Gasteiger partial charge is 0.222 e. The van der Waals surface area contributed by atoms with E-state index in [4.69, 9.17) is 5.73 Å². The van der Waals surface area contributed by atoms with Crippen molar-refractivity contribution in [1.82, 2.24) is 24.4 Å². The summed E-state index contributed by atoms with van der Waals surface area (Å²) in [5, 5.41) is 0. The first-order valence-electron chi connectivity index (χ1n) is 7.59. The number of aryl methyl sites for hydroxylation is 2. The highest BCUT2D eigenvalue weighted by Gasteiger charge is 2.25. The van der Waals surface area contributed by atoms with Crippen LogP contribution in [0.15, 0.2) is 18.5 Å². The Labute approximate surface area is 130 Å². The Balaban J connectivity index is 1.68. The van der Waals surface area contributed by atoms with E-state index < -0.39 is 0 Å². The van der Waals surface area contributed by atoms with Crippen molar-refractivity contribution < 1.29 is 0 Å². The average Bonchev–Trinajstić information content (AvgIpc) is 2.85. The van der Waals surface area contributed by atoms with Crippen molar-refractivity contribution in [2.75, 3.05) is 30.3 Å². The van der Waals surface area contributed by atoms with Gasteiger partial charge in [-0.3, -0.25) is 4.90 Å². The van der Waals surface area contributed by atoms with Crippen molar-refractivity contribution in [2.45, 2.75) is 26.4 Å². The summed E-state index contributed by atoms with van der Waals surface area (Å²) < 4.78 is 2.08. The van der Waals surface area contributed by atoms with Crippen LogP contribution in [0.25, 0.3) is 0 Å². The van der Waals surface area contributed by atoms with E-state index in [1.807, 2.05) is 32.4 Å². The highest BCUT2D eigenvalue weighted by atomic mass is 15.3. The van der Waals surface area contributed by atoms with Gasteiger partial charge >= 0.3 is 0 Å². The minimum absolute atomic E-state index is 0.345. The molecule has 118 valence electrons. The van der Waals surface area contributed by atoms with Gasteiger partial charge in [0.15, 0.2) is 0 Å². The van der Waals surface area contributed by atoms with Crippen molar-refractivity contribution in [1.29, 1.82) is 0 Å². The molecule has 1 unspecified atom stereocenters. The lowest BCUT2D eigenvalue weighted by molar-refractivity contribution is 0.174. The number of piperazine rings is 1. The second-order valence-corrected chi connectivity index (χ2v) is 5.95. The molecule has 2 aromatic rings. The molecule has 1 fully saturated rings. The topological polar surface area (TPSA) is 76.1 Å². The Morgan fingerprint density at radius 3 is 2.77 bits per heavy atom. The first kappa shape index (κ1) is 14.8. The summed E-state index contributed by atoms with van der Waals surface area (Å²) in [5.41, 5.74) is 6.67. The van der Waals surface area contributed by atoms with Gasteiger partial charge in [0.2, 0.25) is 5.95 Å². The van der Waals surface area contributed by atoms with Crippen LogP contribution in [0.3, 0.4) is 0 Å². The van der Waals surface area contributed by atoms with E-state index in [9.17, 15) is 0 Å². The van der Waals surface area contributed by atoms with Crippen LogP contribution >= 0.6 is 0 Å². The number of anilines is 2. The maximum atomic E-state index is 5.76. The first-order chi connectivity index (χ1) is 10.5. The van der Waals surface area contributed by atoms with Gasteiger partial charge in [-0.1, -0.05) is 0 Å². The molecule has 3 rings (SSSR count). The fourth-order valence-electron chi connectivity index (χ4n) is 2.91. The second kappa shape index (κ2) is 5.92. The quantitative estimate of drug-likeness (QED) is 0.904. The Kier molecular flexibility index (Phi) is 3.98. The maximum absolute atomic E-state index is 5.76. The Morgan fingerprint density at radius 2 is 2.14 bits per heavy atom. The van der Waals surface area contributed by atoms with Crippen LogP contribution in [0.2, 0.25) is 0 Å². The molecule has 1 atom stereocenters. The molecule has 2 aromatic heterocycles. The standard InChI is InChI=1S/C15H23N7/c1-11-8-13(19-15(16)18-11)22-7-6-21(12(2)9-22)10-14-17-4-5-20(14)3/h4-5,8,12H,6-7,9-10H2,1-3H3,(H2,16,18,19). The lowest BCUT2D eigenvalue weighted by Crippen LogP contribution is -2.52. The molecule has 0 saturated carbocycles. The third-order valence-electron chi connectivity index (χ3n) is 4.21. The largest absolute Gasteiger partial charge is 0.368 e. The molecule has 2 N–H and O–H groups in total. The molecule has 22 heavy (non-hydrogen) atoms. The summed E-state index contributed by atoms with van der Waals surface area (Å²) in [6, 6.07) is 2.43. The van der Waals surface area contributed by atoms with Crippen molar-refractivity contribution in [3.63, 3.8) is 0 Å². The van der Waals surface area contributed by atoms with Crippen molar-refractivity contribution >= 4 is 11.8 Å². The molecular formula is C15H23N7. The van der Waals surface area contributed by atoms with Gasteiger partial charge in [-0.2, -0.15) is 4.98 Å². The summed E-state index contributed by atoms with van der Waals surface area (Å²) in [6.07, 6.45) is 3.84. The van der Waals surface area contributed by atoms with Gasteiger partial charge in [-0.25, -0.2) is 9.97 Å². The fourth-order valence-corrected chi connectivity index (χ4v) is 2.91. The van der Waals surface area contributed by atoms with Crippen molar-refractivity contribution in [3.8, 4) is 0 Å². The number of imidazole rings is 1. The molecule has 1 saturated heterocycles. The van der Waals surface area contributed by atoms with Gasteiger partial charge in [-0.15, -0.1) is 0 Å². The number of nitrogens with two attached hydrogens (primary N) is 1. The van der Waals surface area contributed by atoms with Gasteiger partial charge in [-0.05, 0) is 13.8 Å². The summed E-state index contributed by atoms with van der Waals surface area (Å²) in [6.45, 7) is 7.92. The third kappa shape index (κ3) is 3.04. The molecule has 1 aliphatic rings. The zero-order valence-electron chi connectivity index (χ0n) is 13.4. The van der Waals surface area contributed by atoms with Gasteiger partial charge in [0.25, 0.3) is 0 Å². The summed E-state index contributed by atoms with van der Waals surface area (Å²) in [4.78, 5) is 17.7. The van der Waals surface area contributed by atoms with Crippen molar-refractivity contribution in [2.24, 2.45) is 7.05 Å². The van der Waals surface area contributed by atoms with Gasteiger partial charge < -0.3 is 15.2 Å². The molecule has 0 bridgehead atoms. The predicted molar refractivity (Wildman–Crippen MR) is 86.5 cm³/mol. The van der Waals surface area contributed by atoms with E-state index in [1.54, 1.807) is 0 Å². The SMILES string of the molecule is Cc1cc(N2CCN(Cc3nccn3C)C(C)C2)nc(N)n1. The van der Waals surface area contributed by atoms with Crippen LogP contribution in [-0.2, 0) is 13.6 Å². The molecular weight excluding hydrogens is 278 g/mol. The monoisotopic (exact) mass is 301 g/mol. The Hall–Kier alpha value is -2.15. The molecule has 1 aliphatic heterocycles. The van der Waals surface area contributed by atoms with Gasteiger partial charge in [0.1, 0.15) is 11.6 Å². The molecule has 3 heterocycles. The minimum atomic E-state index is 0.345. The number of aromatic nitrogens is 4. The van der Waals surface area contributed by atoms with E-state index in [1.165, 1.54) is 0 Å². The average molecular weight is 301 g/mol. The van der Waals surface area contributed by atoms with E-state index in [-0.39, 0.29) is 0 Å². The molecule has 0 aromatic carbocycles. The maximum Gasteiger partial charge on any atom is 0.222 e. The zero-order chi connectivity index (χ0) is 15.7. The highest BCUT2D eigenvalue weighted by molar-refractivity contribution is 5.44. The molecule has 0 spiro atoms. The van der Waals surface area contributed by atoms with Gasteiger partial charge in [0, 0.05) is 56.9 Å². The lowest BCUT2D eigenvalue weighted by atomic mass is 10.2. The molecule has 0 amide bonds. The predicted octanol–water partition coefficient (Wildman–Crippen LogP) is 0.811. The number of hydrogen-bond donors (Lipinski definition) is 1. The summed E-state index contributed by atoms with van der Waals surface area (Å²) in [5.74, 6) is 2.37. The number of rotatable bonds is 3. The molecule has 0 radical (unpaired) electrons. The van der Waals surface area contributed by atoms with Gasteiger partial charge in [0.05, 0.1) is 6.54 Å². The minimum Gasteiger partial charge on any atom is -0.368 e. The second-order valence-electron chi connectivity index (χ2n) is 5.95.